The molecular weight excluding hydrogens is 1070 g/mol. The fourth-order valence-electron chi connectivity index (χ4n) is 10.3. The van der Waals surface area contributed by atoms with E-state index >= 15 is 0 Å². The molecule has 3 aliphatic rings. The molecule has 0 spiro atoms. The minimum absolute atomic E-state index is 0.00484. The van der Waals surface area contributed by atoms with Crippen LogP contribution in [0.25, 0.3) is 11.0 Å². The summed E-state index contributed by atoms with van der Waals surface area (Å²) in [6.07, 6.45) is -3.12. The van der Waals surface area contributed by atoms with Crippen LogP contribution in [0.4, 0.5) is 24.5 Å². The maximum atomic E-state index is 14.5. The number of hydrogen-bond acceptors (Lipinski definition) is 15. The Morgan fingerprint density at radius 3 is 2.05 bits per heavy atom. The molecular formula is C59H68F3N9O11. The lowest BCUT2D eigenvalue weighted by atomic mass is 9.98. The number of H-pyrrole nitrogens is 1. The molecule has 0 radical (unpaired) electrons. The van der Waals surface area contributed by atoms with Gasteiger partial charge in [-0.3, -0.25) is 49.0 Å². The topological polar surface area (TPSA) is 291 Å². The average Bonchev–Trinajstić information content (AvgIpc) is 4.26. The molecule has 9 N–H and O–H groups in total. The van der Waals surface area contributed by atoms with Crippen LogP contribution < -0.4 is 16.0 Å². The summed E-state index contributed by atoms with van der Waals surface area (Å²) in [5.41, 5.74) is 2.17. The number of aromatic amines is 1. The van der Waals surface area contributed by atoms with Gasteiger partial charge in [-0.15, -0.1) is 0 Å². The first-order valence-corrected chi connectivity index (χ1v) is 27.6. The zero-order valence-corrected chi connectivity index (χ0v) is 45.4. The number of piperidine rings is 1. The molecule has 2 saturated heterocycles. The fourth-order valence-corrected chi connectivity index (χ4v) is 10.3. The molecule has 20 nitrogen and oxygen atoms in total. The number of nitrogens with one attached hydrogen (secondary N) is 4. The largest absolute Gasteiger partial charge is 0.416 e. The van der Waals surface area contributed by atoms with Crippen molar-refractivity contribution in [1.29, 1.82) is 0 Å². The SMILES string of the molecule is Cc1ccc(C(=O)Nc2ccc(CN3CCN(CCC(O)CCC(O)CCC(O)CCC(O)CCC(O)CCC(=O)Nc4cccc5c4C(=O)N(C4CCC(=O)NC4=O)C5=O)CC3)c(C(F)(F)F)c2)cc1C#Cc1cnc2[nH]ncc2c1. The molecule has 0 bridgehead atoms. The number of amides is 6. The van der Waals surface area contributed by atoms with E-state index in [0.29, 0.717) is 68.8 Å². The second kappa shape index (κ2) is 27.6. The van der Waals surface area contributed by atoms with Gasteiger partial charge in [0.05, 0.1) is 59.1 Å². The lowest BCUT2D eigenvalue weighted by Crippen LogP contribution is -2.54. The van der Waals surface area contributed by atoms with Gasteiger partial charge in [0, 0.05) is 86.1 Å². The van der Waals surface area contributed by atoms with Crippen LogP contribution in [-0.4, -0.2) is 160 Å². The number of piperazine rings is 1. The maximum Gasteiger partial charge on any atom is 0.416 e. The summed E-state index contributed by atoms with van der Waals surface area (Å²) < 4.78 is 43.4. The molecule has 6 atom stereocenters. The number of rotatable bonds is 24. The van der Waals surface area contributed by atoms with Gasteiger partial charge in [0.1, 0.15) is 6.04 Å². The minimum atomic E-state index is -4.67. The van der Waals surface area contributed by atoms with E-state index in [1.54, 1.807) is 30.6 Å². The Hall–Kier alpha value is -7.43. The van der Waals surface area contributed by atoms with E-state index in [0.717, 1.165) is 21.9 Å². The number of nitrogens with zero attached hydrogens (tertiary/aromatic N) is 5. The summed E-state index contributed by atoms with van der Waals surface area (Å²) in [5.74, 6) is 2.26. The van der Waals surface area contributed by atoms with Gasteiger partial charge in [0.25, 0.3) is 17.7 Å². The predicted molar refractivity (Wildman–Crippen MR) is 295 cm³/mol. The normalized spacial score (nSPS) is 17.9. The third kappa shape index (κ3) is 16.2. The molecule has 2 aromatic heterocycles. The molecule has 5 heterocycles. The van der Waals surface area contributed by atoms with Crippen molar-refractivity contribution in [2.24, 2.45) is 0 Å². The van der Waals surface area contributed by atoms with Gasteiger partial charge >= 0.3 is 6.18 Å². The number of aliphatic hydroxyl groups excluding tert-OH is 5. The molecule has 5 aromatic rings. The van der Waals surface area contributed by atoms with E-state index in [2.05, 4.69) is 47.9 Å². The number of benzene rings is 3. The number of imide groups is 2. The Bertz CT molecular complexity index is 3210. The molecule has 436 valence electrons. The van der Waals surface area contributed by atoms with E-state index in [9.17, 15) is 67.5 Å². The van der Waals surface area contributed by atoms with Gasteiger partial charge in [-0.25, -0.2) is 4.98 Å². The molecule has 3 aromatic carbocycles. The number of halogens is 3. The van der Waals surface area contributed by atoms with E-state index in [1.807, 2.05) is 17.9 Å². The van der Waals surface area contributed by atoms with E-state index in [1.165, 1.54) is 30.3 Å². The second-order valence-corrected chi connectivity index (χ2v) is 21.4. The second-order valence-electron chi connectivity index (χ2n) is 21.4. The molecule has 2 fully saturated rings. The zero-order valence-electron chi connectivity index (χ0n) is 45.4. The number of aliphatic hydroxyl groups is 5. The Morgan fingerprint density at radius 1 is 0.744 bits per heavy atom. The molecule has 6 unspecified atom stereocenters. The molecule has 82 heavy (non-hydrogen) atoms. The van der Waals surface area contributed by atoms with Crippen molar-refractivity contribution in [3.8, 4) is 11.8 Å². The average molecular weight is 1140 g/mol. The Kier molecular flexibility index (Phi) is 20.4. The number of alkyl halides is 3. The molecule has 3 aliphatic heterocycles. The van der Waals surface area contributed by atoms with Crippen LogP contribution in [0.15, 0.2) is 73.1 Å². The van der Waals surface area contributed by atoms with Crippen molar-refractivity contribution in [3.63, 3.8) is 0 Å². The number of aryl methyl sites for hydroxylation is 1. The Balaban J connectivity index is 0.676. The van der Waals surface area contributed by atoms with Gasteiger partial charge in [-0.1, -0.05) is 30.0 Å². The van der Waals surface area contributed by atoms with E-state index in [-0.39, 0.29) is 104 Å². The highest BCUT2D eigenvalue weighted by Crippen LogP contribution is 2.36. The van der Waals surface area contributed by atoms with Crippen molar-refractivity contribution >= 4 is 57.9 Å². The molecule has 0 aliphatic carbocycles. The number of pyridine rings is 1. The van der Waals surface area contributed by atoms with Gasteiger partial charge in [-0.05, 0) is 131 Å². The van der Waals surface area contributed by atoms with Gasteiger partial charge in [0.2, 0.25) is 17.7 Å². The number of fused-ring (bicyclic) bond motifs is 2. The zero-order chi connectivity index (χ0) is 58.7. The van der Waals surface area contributed by atoms with Gasteiger partial charge in [0.15, 0.2) is 5.65 Å². The Labute approximate surface area is 471 Å². The van der Waals surface area contributed by atoms with Crippen molar-refractivity contribution < 1.29 is 67.5 Å². The van der Waals surface area contributed by atoms with Gasteiger partial charge < -0.3 is 41.1 Å². The monoisotopic (exact) mass is 1140 g/mol. The minimum Gasteiger partial charge on any atom is -0.393 e. The molecule has 0 saturated carbocycles. The Morgan fingerprint density at radius 2 is 1.39 bits per heavy atom. The smallest absolute Gasteiger partial charge is 0.393 e. The molecule has 8 rings (SSSR count). The first kappa shape index (κ1) is 60.7. The number of carbonyl (C=O) groups excluding carboxylic acids is 6. The highest BCUT2D eigenvalue weighted by Gasteiger charge is 2.46. The van der Waals surface area contributed by atoms with Crippen molar-refractivity contribution in [3.05, 3.63) is 118 Å². The summed E-state index contributed by atoms with van der Waals surface area (Å²) in [6.45, 7) is 4.65. The number of carbonyl (C=O) groups is 6. The molecule has 23 heteroatoms. The highest BCUT2D eigenvalue weighted by atomic mass is 19.4. The van der Waals surface area contributed by atoms with Crippen LogP contribution in [0.5, 0.6) is 0 Å². The standard InChI is InChI=1S/C59H68F3N9O11/c1-35-5-7-38(30-37(35)8-6-36-29-40-33-64-68-54(40)63-32-36)55(79)65-41-10-9-39(48(31-41)59(60,61)62)34-70-27-25-69(26-28-70)24-23-46(76)18-17-44(74)14-13-42(72)11-12-43(73)15-16-45(75)19-21-51(77)66-49-4-2-3-47-53(49)58(82)71(57(47)81)50-20-22-52(78)67-56(50)80/h2-5,7,9-10,29-33,42-46,50,72-76H,11-28,34H2,1H3,(H,65,79)(H,66,77)(H,63,64,68)(H,67,78,80). The van der Waals surface area contributed by atoms with E-state index < -0.39 is 83.7 Å². The summed E-state index contributed by atoms with van der Waals surface area (Å²) in [5, 5.41) is 67.9. The summed E-state index contributed by atoms with van der Waals surface area (Å²) in [7, 11) is 0. The maximum absolute atomic E-state index is 14.5. The van der Waals surface area contributed by atoms with Gasteiger partial charge in [-0.2, -0.15) is 18.3 Å². The first-order chi connectivity index (χ1) is 39.2. The quantitative estimate of drug-likeness (QED) is 0.0284. The predicted octanol–water partition coefficient (Wildman–Crippen LogP) is 5.19. The van der Waals surface area contributed by atoms with Crippen molar-refractivity contribution in [2.45, 2.75) is 140 Å². The van der Waals surface area contributed by atoms with Crippen LogP contribution >= 0.6 is 0 Å². The summed E-state index contributed by atoms with van der Waals surface area (Å²) >= 11 is 0. The number of anilines is 2. The lowest BCUT2D eigenvalue weighted by molar-refractivity contribution is -0.138. The molecule has 6 amide bonds. The number of hydrogen-bond donors (Lipinski definition) is 9. The summed E-state index contributed by atoms with van der Waals surface area (Å²) in [6, 6.07) is 13.7. The van der Waals surface area contributed by atoms with Crippen LogP contribution in [0.3, 0.4) is 0 Å². The van der Waals surface area contributed by atoms with Crippen LogP contribution in [-0.2, 0) is 27.1 Å². The van der Waals surface area contributed by atoms with Crippen LogP contribution in [0.2, 0.25) is 0 Å². The number of aromatic nitrogens is 3. The van der Waals surface area contributed by atoms with Crippen molar-refractivity contribution in [2.75, 3.05) is 43.4 Å². The fraction of sp³-hybridized carbons (Fsp3) is 0.458. The van der Waals surface area contributed by atoms with Crippen LogP contribution in [0.1, 0.15) is 142 Å². The van der Waals surface area contributed by atoms with Crippen molar-refractivity contribution in [1.82, 2.24) is 35.2 Å². The highest BCUT2D eigenvalue weighted by molar-refractivity contribution is 6.26. The lowest BCUT2D eigenvalue weighted by Gasteiger charge is -2.35. The van der Waals surface area contributed by atoms with E-state index in [4.69, 9.17) is 0 Å². The first-order valence-electron chi connectivity index (χ1n) is 27.6. The third-order valence-corrected chi connectivity index (χ3v) is 15.2. The third-order valence-electron chi connectivity index (χ3n) is 15.2. The summed E-state index contributed by atoms with van der Waals surface area (Å²) in [4.78, 5) is 85.8. The van der Waals surface area contributed by atoms with Crippen LogP contribution in [0, 0.1) is 18.8 Å².